The summed E-state index contributed by atoms with van der Waals surface area (Å²) in [7, 11) is 0. The number of rotatable bonds is 8. The first kappa shape index (κ1) is 13.5. The molecule has 1 N–H and O–H groups in total. The summed E-state index contributed by atoms with van der Waals surface area (Å²) >= 11 is 6.12. The average Bonchev–Trinajstić information content (AvgIpc) is 2.61. The van der Waals surface area contributed by atoms with E-state index in [2.05, 4.69) is 24.3 Å². The van der Waals surface area contributed by atoms with Crippen LogP contribution in [-0.2, 0) is 13.0 Å². The van der Waals surface area contributed by atoms with E-state index in [-0.39, 0.29) is 0 Å². The topological polar surface area (TPSA) is 29.9 Å². The van der Waals surface area contributed by atoms with Gasteiger partial charge in [0.1, 0.15) is 0 Å². The lowest BCUT2D eigenvalue weighted by Crippen LogP contribution is -2.17. The van der Waals surface area contributed by atoms with Gasteiger partial charge in [0.25, 0.3) is 0 Å². The normalized spacial score (nSPS) is 10.9. The van der Waals surface area contributed by atoms with Gasteiger partial charge in [-0.1, -0.05) is 25.4 Å². The molecule has 0 bridgehead atoms. The fourth-order valence-electron chi connectivity index (χ4n) is 1.72. The molecule has 0 radical (unpaired) electrons. The Bertz CT molecular complexity index is 296. The van der Waals surface area contributed by atoms with Gasteiger partial charge in [-0.25, -0.2) is 0 Å². The molecule has 1 rings (SSSR count). The first-order valence-corrected chi connectivity index (χ1v) is 6.58. The van der Waals surface area contributed by atoms with Gasteiger partial charge >= 0.3 is 0 Å². The van der Waals surface area contributed by atoms with Crippen LogP contribution in [0, 0.1) is 0 Å². The molecule has 0 aromatic carbocycles. The van der Waals surface area contributed by atoms with E-state index in [1.54, 1.807) is 6.20 Å². The van der Waals surface area contributed by atoms with Crippen molar-refractivity contribution in [2.24, 2.45) is 0 Å². The first-order valence-electron chi connectivity index (χ1n) is 6.20. The highest BCUT2D eigenvalue weighted by atomic mass is 35.5. The SMILES string of the molecule is CCCNCCCc1c(Cl)cnn1CCC. The van der Waals surface area contributed by atoms with Gasteiger partial charge in [-0.15, -0.1) is 0 Å². The number of halogens is 1. The quantitative estimate of drug-likeness (QED) is 0.712. The van der Waals surface area contributed by atoms with Gasteiger partial charge in [-0.2, -0.15) is 5.10 Å². The highest BCUT2D eigenvalue weighted by Gasteiger charge is 2.07. The van der Waals surface area contributed by atoms with E-state index >= 15 is 0 Å². The zero-order valence-corrected chi connectivity index (χ0v) is 11.1. The number of aryl methyl sites for hydroxylation is 1. The van der Waals surface area contributed by atoms with Crippen molar-refractivity contribution in [2.75, 3.05) is 13.1 Å². The molecule has 4 heteroatoms. The van der Waals surface area contributed by atoms with Crippen LogP contribution >= 0.6 is 11.6 Å². The maximum Gasteiger partial charge on any atom is 0.0817 e. The summed E-state index contributed by atoms with van der Waals surface area (Å²) in [6, 6.07) is 0. The minimum Gasteiger partial charge on any atom is -0.317 e. The van der Waals surface area contributed by atoms with Crippen LogP contribution < -0.4 is 5.32 Å². The Labute approximate surface area is 103 Å². The third kappa shape index (κ3) is 4.14. The lowest BCUT2D eigenvalue weighted by Gasteiger charge is -2.07. The number of aromatic nitrogens is 2. The third-order valence-electron chi connectivity index (χ3n) is 2.53. The van der Waals surface area contributed by atoms with E-state index in [4.69, 9.17) is 11.6 Å². The molecule has 0 unspecified atom stereocenters. The fraction of sp³-hybridized carbons (Fsp3) is 0.750. The summed E-state index contributed by atoms with van der Waals surface area (Å²) in [6.45, 7) is 7.45. The average molecular weight is 244 g/mol. The minimum absolute atomic E-state index is 0.809. The van der Waals surface area contributed by atoms with Gasteiger partial charge in [0, 0.05) is 6.54 Å². The molecule has 16 heavy (non-hydrogen) atoms. The van der Waals surface area contributed by atoms with E-state index in [1.165, 1.54) is 12.1 Å². The monoisotopic (exact) mass is 243 g/mol. The van der Waals surface area contributed by atoms with Crippen molar-refractivity contribution in [3.8, 4) is 0 Å². The smallest absolute Gasteiger partial charge is 0.0817 e. The van der Waals surface area contributed by atoms with Crippen molar-refractivity contribution in [2.45, 2.75) is 46.1 Å². The zero-order chi connectivity index (χ0) is 11.8. The molecule has 0 aliphatic carbocycles. The Hall–Kier alpha value is -0.540. The molecule has 92 valence electrons. The van der Waals surface area contributed by atoms with E-state index < -0.39 is 0 Å². The van der Waals surface area contributed by atoms with Gasteiger partial charge in [0.05, 0.1) is 16.9 Å². The summed E-state index contributed by atoms with van der Waals surface area (Å²) in [5.41, 5.74) is 1.18. The van der Waals surface area contributed by atoms with Crippen LogP contribution in [0.2, 0.25) is 5.02 Å². The van der Waals surface area contributed by atoms with Crippen molar-refractivity contribution in [1.82, 2.24) is 15.1 Å². The summed E-state index contributed by atoms with van der Waals surface area (Å²) in [5, 5.41) is 8.49. The van der Waals surface area contributed by atoms with Gasteiger partial charge in [0.15, 0.2) is 0 Å². The summed E-state index contributed by atoms with van der Waals surface area (Å²) < 4.78 is 2.03. The molecule has 0 amide bonds. The van der Waals surface area contributed by atoms with Gasteiger partial charge in [0.2, 0.25) is 0 Å². The van der Waals surface area contributed by atoms with Gasteiger partial charge in [-0.05, 0) is 38.8 Å². The highest BCUT2D eigenvalue weighted by molar-refractivity contribution is 6.31. The zero-order valence-electron chi connectivity index (χ0n) is 10.3. The Balaban J connectivity index is 2.36. The maximum atomic E-state index is 6.12. The van der Waals surface area contributed by atoms with Crippen LogP contribution in [0.3, 0.4) is 0 Å². The lowest BCUT2D eigenvalue weighted by molar-refractivity contribution is 0.558. The molecule has 0 saturated carbocycles. The van der Waals surface area contributed by atoms with Crippen molar-refractivity contribution >= 4 is 11.6 Å². The van der Waals surface area contributed by atoms with Gasteiger partial charge < -0.3 is 5.32 Å². The van der Waals surface area contributed by atoms with Gasteiger partial charge in [-0.3, -0.25) is 4.68 Å². The Morgan fingerprint density at radius 2 is 2.12 bits per heavy atom. The van der Waals surface area contributed by atoms with Crippen LogP contribution in [0.1, 0.15) is 38.8 Å². The minimum atomic E-state index is 0.809. The predicted molar refractivity (Wildman–Crippen MR) is 69.0 cm³/mol. The standard InChI is InChI=1S/C12H22ClN3/c1-3-7-14-8-5-6-12-11(13)10-15-16(12)9-4-2/h10,14H,3-9H2,1-2H3. The number of nitrogens with zero attached hydrogens (tertiary/aromatic N) is 2. The third-order valence-corrected chi connectivity index (χ3v) is 2.84. The summed E-state index contributed by atoms with van der Waals surface area (Å²) in [5.74, 6) is 0. The molecule has 1 heterocycles. The molecule has 0 aliphatic heterocycles. The molecule has 0 fully saturated rings. The van der Waals surface area contributed by atoms with Crippen LogP contribution in [-0.4, -0.2) is 22.9 Å². The largest absolute Gasteiger partial charge is 0.317 e. The molecule has 0 saturated heterocycles. The van der Waals surface area contributed by atoms with E-state index in [9.17, 15) is 0 Å². The van der Waals surface area contributed by atoms with Crippen molar-refractivity contribution in [3.63, 3.8) is 0 Å². The number of hydrogen-bond donors (Lipinski definition) is 1. The first-order chi connectivity index (χ1) is 7.79. The van der Waals surface area contributed by atoms with Crippen LogP contribution in [0.25, 0.3) is 0 Å². The van der Waals surface area contributed by atoms with Crippen LogP contribution in [0.5, 0.6) is 0 Å². The van der Waals surface area contributed by atoms with Crippen LogP contribution in [0.4, 0.5) is 0 Å². The molecule has 0 spiro atoms. The van der Waals surface area contributed by atoms with Crippen molar-refractivity contribution in [1.29, 1.82) is 0 Å². The molecule has 1 aromatic heterocycles. The molecule has 0 atom stereocenters. The van der Waals surface area contributed by atoms with Crippen molar-refractivity contribution in [3.05, 3.63) is 16.9 Å². The Morgan fingerprint density at radius 1 is 1.31 bits per heavy atom. The maximum absolute atomic E-state index is 6.12. The molecular weight excluding hydrogens is 222 g/mol. The van der Waals surface area contributed by atoms with E-state index in [0.717, 1.165) is 43.9 Å². The predicted octanol–water partition coefficient (Wildman–Crippen LogP) is 2.88. The van der Waals surface area contributed by atoms with E-state index in [1.807, 2.05) is 4.68 Å². The number of nitrogens with one attached hydrogen (secondary N) is 1. The molecule has 3 nitrogen and oxygen atoms in total. The second kappa shape index (κ2) is 7.69. The summed E-state index contributed by atoms with van der Waals surface area (Å²) in [4.78, 5) is 0. The second-order valence-corrected chi connectivity index (χ2v) is 4.42. The van der Waals surface area contributed by atoms with E-state index in [0.29, 0.717) is 0 Å². The lowest BCUT2D eigenvalue weighted by atomic mass is 10.2. The molecule has 0 aliphatic rings. The highest BCUT2D eigenvalue weighted by Crippen LogP contribution is 2.16. The Morgan fingerprint density at radius 3 is 2.81 bits per heavy atom. The van der Waals surface area contributed by atoms with Crippen LogP contribution in [0.15, 0.2) is 6.20 Å². The molecular formula is C12H22ClN3. The fourth-order valence-corrected chi connectivity index (χ4v) is 1.96. The van der Waals surface area contributed by atoms with Crippen molar-refractivity contribution < 1.29 is 0 Å². The second-order valence-electron chi connectivity index (χ2n) is 4.02. The summed E-state index contributed by atoms with van der Waals surface area (Å²) in [6.07, 6.45) is 6.17. The Kier molecular flexibility index (Phi) is 6.50. The molecule has 1 aromatic rings. The number of hydrogen-bond acceptors (Lipinski definition) is 2.